The normalized spacial score (nSPS) is 43.7. The summed E-state index contributed by atoms with van der Waals surface area (Å²) in [6.45, 7) is 16.6. The van der Waals surface area contributed by atoms with Crippen molar-refractivity contribution in [1.29, 1.82) is 0 Å². The first-order valence-electron chi connectivity index (χ1n) is 13.4. The Morgan fingerprint density at radius 3 is 2.38 bits per heavy atom. The van der Waals surface area contributed by atoms with Gasteiger partial charge in [0.2, 0.25) is 0 Å². The van der Waals surface area contributed by atoms with Gasteiger partial charge in [0.1, 0.15) is 6.29 Å². The van der Waals surface area contributed by atoms with Gasteiger partial charge in [-0.1, -0.05) is 57.4 Å². The maximum Gasteiger partial charge on any atom is 0.123 e. The smallest absolute Gasteiger partial charge is 0.123 e. The zero-order valence-electron chi connectivity index (χ0n) is 21.9. The molecule has 0 amide bonds. The van der Waals surface area contributed by atoms with Gasteiger partial charge < -0.3 is 9.90 Å². The average Bonchev–Trinajstić information content (AvgIpc) is 3.00. The molecule has 32 heavy (non-hydrogen) atoms. The molecule has 4 rings (SSSR count). The van der Waals surface area contributed by atoms with Crippen molar-refractivity contribution in [3.05, 3.63) is 22.8 Å². The van der Waals surface area contributed by atoms with Crippen LogP contribution in [-0.2, 0) is 4.79 Å². The molecule has 0 radical (unpaired) electrons. The second kappa shape index (κ2) is 8.10. The van der Waals surface area contributed by atoms with Gasteiger partial charge in [0.25, 0.3) is 0 Å². The molecule has 4 aliphatic rings. The topological polar surface area (TPSA) is 37.3 Å². The number of carbonyl (C=O) groups excluding carboxylic acids is 1. The highest BCUT2D eigenvalue weighted by Crippen LogP contribution is 2.72. The number of allylic oxidation sites excluding steroid dienone is 4. The van der Waals surface area contributed by atoms with Crippen LogP contribution >= 0.6 is 0 Å². The van der Waals surface area contributed by atoms with Gasteiger partial charge >= 0.3 is 0 Å². The molecule has 2 saturated carbocycles. The van der Waals surface area contributed by atoms with E-state index in [0.29, 0.717) is 11.8 Å². The molecule has 2 heteroatoms. The second-order valence-corrected chi connectivity index (χ2v) is 13.4. The minimum absolute atomic E-state index is 0.00106. The lowest BCUT2D eigenvalue weighted by atomic mass is 9.43. The molecule has 0 aliphatic heterocycles. The van der Waals surface area contributed by atoms with Crippen LogP contribution in [0.2, 0.25) is 0 Å². The number of hydrogen-bond acceptors (Lipinski definition) is 2. The third-order valence-corrected chi connectivity index (χ3v) is 11.5. The van der Waals surface area contributed by atoms with Crippen LogP contribution in [0.3, 0.4) is 0 Å². The first-order chi connectivity index (χ1) is 14.9. The highest BCUT2D eigenvalue weighted by molar-refractivity contribution is 5.55. The predicted octanol–water partition coefficient (Wildman–Crippen LogP) is 7.66. The second-order valence-electron chi connectivity index (χ2n) is 13.4. The molecule has 0 aromatic rings. The highest BCUT2D eigenvalue weighted by Gasteiger charge is 2.63. The van der Waals surface area contributed by atoms with E-state index >= 15 is 0 Å². The molecule has 0 bridgehead atoms. The summed E-state index contributed by atoms with van der Waals surface area (Å²) in [6, 6.07) is 0. The van der Waals surface area contributed by atoms with Gasteiger partial charge in [-0.05, 0) is 112 Å². The van der Waals surface area contributed by atoms with Crippen LogP contribution in [0.25, 0.3) is 0 Å². The molecule has 4 aliphatic carbocycles. The van der Waals surface area contributed by atoms with Gasteiger partial charge in [-0.3, -0.25) is 0 Å². The Labute approximate surface area is 197 Å². The lowest BCUT2D eigenvalue weighted by Crippen LogP contribution is -2.55. The monoisotopic (exact) mass is 440 g/mol. The van der Waals surface area contributed by atoms with Crippen LogP contribution in [0.15, 0.2) is 22.8 Å². The minimum Gasteiger partial charge on any atom is -0.393 e. The van der Waals surface area contributed by atoms with E-state index in [2.05, 4.69) is 54.5 Å². The van der Waals surface area contributed by atoms with Crippen LogP contribution < -0.4 is 0 Å². The summed E-state index contributed by atoms with van der Waals surface area (Å²) >= 11 is 0. The quantitative estimate of drug-likeness (QED) is 0.352. The fraction of sp³-hybridized carbons (Fsp3) is 0.833. The number of aldehydes is 1. The maximum absolute atomic E-state index is 12.3. The van der Waals surface area contributed by atoms with Crippen LogP contribution in [0.5, 0.6) is 0 Å². The fourth-order valence-electron chi connectivity index (χ4n) is 9.33. The molecule has 2 nitrogen and oxygen atoms in total. The van der Waals surface area contributed by atoms with Crippen molar-refractivity contribution >= 4 is 6.29 Å². The molecule has 2 fully saturated rings. The van der Waals surface area contributed by atoms with E-state index in [1.165, 1.54) is 50.4 Å². The van der Waals surface area contributed by atoms with Crippen molar-refractivity contribution in [2.75, 3.05) is 0 Å². The van der Waals surface area contributed by atoms with Gasteiger partial charge in [0.05, 0.1) is 6.10 Å². The molecule has 0 aromatic carbocycles. The van der Waals surface area contributed by atoms with Crippen LogP contribution in [0, 0.1) is 39.4 Å². The average molecular weight is 441 g/mol. The van der Waals surface area contributed by atoms with E-state index in [1.54, 1.807) is 11.1 Å². The van der Waals surface area contributed by atoms with Crippen molar-refractivity contribution in [1.82, 2.24) is 0 Å². The summed E-state index contributed by atoms with van der Waals surface area (Å²) in [5, 5.41) is 10.8. The van der Waals surface area contributed by atoms with Crippen LogP contribution in [-0.4, -0.2) is 17.5 Å². The Hall–Kier alpha value is -0.890. The summed E-state index contributed by atoms with van der Waals surface area (Å²) in [5.41, 5.74) is 5.60. The molecule has 0 spiro atoms. The summed E-state index contributed by atoms with van der Waals surface area (Å²) in [5.74, 6) is 1.28. The molecule has 0 aromatic heterocycles. The Morgan fingerprint density at radius 1 is 1.00 bits per heavy atom. The number of fused-ring (bicyclic) bond motifs is 4. The SMILES string of the molecule is CC(C)=CCC[C@@H](C=O)[C@H]1CC[C@@]2(C)C3=C(CC[C@]12C)[C@@]1(C)CC[C@H](O)C(C)(C)[C@H]1CC3. The summed E-state index contributed by atoms with van der Waals surface area (Å²) in [7, 11) is 0. The lowest BCUT2D eigenvalue weighted by molar-refractivity contribution is -0.115. The largest absolute Gasteiger partial charge is 0.393 e. The minimum atomic E-state index is -0.169. The first-order valence-corrected chi connectivity index (χ1v) is 13.4. The van der Waals surface area contributed by atoms with Gasteiger partial charge in [0, 0.05) is 5.92 Å². The number of rotatable bonds is 5. The van der Waals surface area contributed by atoms with E-state index in [4.69, 9.17) is 0 Å². The molecular formula is C30H48O2. The Balaban J connectivity index is 1.67. The third kappa shape index (κ3) is 3.33. The molecule has 0 heterocycles. The fourth-order valence-corrected chi connectivity index (χ4v) is 9.33. The lowest BCUT2D eigenvalue weighted by Gasteiger charge is -2.62. The van der Waals surface area contributed by atoms with E-state index in [0.717, 1.165) is 25.7 Å². The standard InChI is InChI=1S/C30H48O2/c1-20(2)9-8-10-21(19-31)22-13-17-30(7)24-11-12-25-27(3,4)26(32)15-16-28(25,5)23(24)14-18-29(22,30)6/h9,19,21-22,25-26,32H,8,10-18H2,1-7H3/t21-,22+,25+,26-,28+,29+,30-/m0/s1. The molecule has 0 unspecified atom stereocenters. The van der Waals surface area contributed by atoms with Crippen LogP contribution in [0.1, 0.15) is 113 Å². The van der Waals surface area contributed by atoms with Crippen molar-refractivity contribution in [2.24, 2.45) is 39.4 Å². The Kier molecular flexibility index (Phi) is 6.14. The predicted molar refractivity (Wildman–Crippen MR) is 133 cm³/mol. The van der Waals surface area contributed by atoms with Crippen molar-refractivity contribution in [3.8, 4) is 0 Å². The molecule has 0 saturated heterocycles. The van der Waals surface area contributed by atoms with Gasteiger partial charge in [-0.15, -0.1) is 0 Å². The molecule has 1 N–H and O–H groups in total. The van der Waals surface area contributed by atoms with E-state index in [-0.39, 0.29) is 33.7 Å². The summed E-state index contributed by atoms with van der Waals surface area (Å²) < 4.78 is 0. The van der Waals surface area contributed by atoms with E-state index in [1.807, 2.05) is 0 Å². The van der Waals surface area contributed by atoms with Crippen molar-refractivity contribution < 1.29 is 9.90 Å². The Morgan fingerprint density at radius 2 is 1.72 bits per heavy atom. The Bertz CT molecular complexity index is 815. The zero-order valence-corrected chi connectivity index (χ0v) is 21.9. The van der Waals surface area contributed by atoms with Gasteiger partial charge in [-0.25, -0.2) is 0 Å². The highest BCUT2D eigenvalue weighted by atomic mass is 16.3. The van der Waals surface area contributed by atoms with E-state index in [9.17, 15) is 9.90 Å². The number of hydrogen-bond donors (Lipinski definition) is 1. The first kappa shape index (κ1) is 24.2. The number of aliphatic hydroxyl groups excluding tert-OH is 1. The summed E-state index contributed by atoms with van der Waals surface area (Å²) in [4.78, 5) is 12.3. The number of carbonyl (C=O) groups is 1. The third-order valence-electron chi connectivity index (χ3n) is 11.5. The van der Waals surface area contributed by atoms with Gasteiger partial charge in [0.15, 0.2) is 0 Å². The van der Waals surface area contributed by atoms with Crippen molar-refractivity contribution in [2.45, 2.75) is 119 Å². The molecule has 7 atom stereocenters. The van der Waals surface area contributed by atoms with Gasteiger partial charge in [-0.2, -0.15) is 0 Å². The van der Waals surface area contributed by atoms with Crippen LogP contribution in [0.4, 0.5) is 0 Å². The molecular weight excluding hydrogens is 392 g/mol. The zero-order chi connectivity index (χ0) is 23.5. The molecule has 180 valence electrons. The van der Waals surface area contributed by atoms with Crippen molar-refractivity contribution in [3.63, 3.8) is 0 Å². The number of aliphatic hydroxyl groups is 1. The maximum atomic E-state index is 12.3. The van der Waals surface area contributed by atoms with E-state index < -0.39 is 0 Å². The summed E-state index contributed by atoms with van der Waals surface area (Å²) in [6.07, 6.45) is 14.8.